The summed E-state index contributed by atoms with van der Waals surface area (Å²) in [5, 5.41) is 52.9. The highest BCUT2D eigenvalue weighted by atomic mass is 79.9. The van der Waals surface area contributed by atoms with E-state index in [0.29, 0.717) is 47.6 Å². The molecule has 51 heavy (non-hydrogen) atoms. The summed E-state index contributed by atoms with van der Waals surface area (Å²) in [5.74, 6) is -0.543. The molecule has 0 saturated carbocycles. The molecule has 0 fully saturated rings. The number of carbonyl (C=O) groups excluding carboxylic acids is 2. The van der Waals surface area contributed by atoms with E-state index < -0.39 is 11.8 Å². The van der Waals surface area contributed by atoms with Crippen molar-refractivity contribution >= 4 is 103 Å². The molecule has 266 valence electrons. The van der Waals surface area contributed by atoms with Crippen molar-refractivity contribution in [2.45, 2.75) is 25.7 Å². The third-order valence-electron chi connectivity index (χ3n) is 7.57. The van der Waals surface area contributed by atoms with Gasteiger partial charge in [0.25, 0.3) is 11.8 Å². The molecular formula is C34H27Br5N4O8. The summed E-state index contributed by atoms with van der Waals surface area (Å²) in [4.78, 5) is 26.0. The minimum absolute atomic E-state index is 0.0339. The Kier molecular flexibility index (Phi) is 13.1. The van der Waals surface area contributed by atoms with E-state index in [2.05, 4.69) is 101 Å². The third-order valence-corrected chi connectivity index (χ3v) is 10.6. The van der Waals surface area contributed by atoms with Crippen LogP contribution in [0.3, 0.4) is 0 Å². The Bertz CT molecular complexity index is 2050. The van der Waals surface area contributed by atoms with Crippen molar-refractivity contribution in [2.75, 3.05) is 13.1 Å². The Morgan fingerprint density at radius 3 is 1.55 bits per heavy atom. The normalized spacial score (nSPS) is 16.2. The van der Waals surface area contributed by atoms with Crippen molar-refractivity contribution in [2.24, 2.45) is 10.3 Å². The Balaban J connectivity index is 1.47. The first-order valence-electron chi connectivity index (χ1n) is 15.0. The van der Waals surface area contributed by atoms with E-state index in [0.717, 1.165) is 11.1 Å². The molecule has 0 unspecified atom stereocenters. The molecule has 4 aliphatic heterocycles. The summed E-state index contributed by atoms with van der Waals surface area (Å²) in [5.41, 5.74) is 2.39. The van der Waals surface area contributed by atoms with Crippen LogP contribution in [-0.4, -0.2) is 57.0 Å². The summed E-state index contributed by atoms with van der Waals surface area (Å²) >= 11 is 17.2. The van der Waals surface area contributed by atoms with Crippen LogP contribution >= 0.6 is 79.6 Å². The van der Waals surface area contributed by atoms with Crippen LogP contribution in [0, 0.1) is 0 Å². The Labute approximate surface area is 333 Å². The van der Waals surface area contributed by atoms with E-state index in [1.807, 2.05) is 12.1 Å². The molecule has 12 nitrogen and oxygen atoms in total. The fourth-order valence-corrected chi connectivity index (χ4v) is 7.96. The summed E-state index contributed by atoms with van der Waals surface area (Å²) in [6, 6.07) is 15.2. The second kappa shape index (κ2) is 17.3. The monoisotopic (exact) mass is 1010 g/mol. The number of carbonyl (C=O) groups is 2. The average Bonchev–Trinajstić information content (AvgIpc) is 3.08. The van der Waals surface area contributed by atoms with Gasteiger partial charge in [-0.15, -0.1) is 0 Å². The number of phenols is 2. The zero-order valence-corrected chi connectivity index (χ0v) is 34.1. The number of aromatic hydroxyl groups is 2. The molecule has 0 spiro atoms. The van der Waals surface area contributed by atoms with Crippen LogP contribution in [-0.2, 0) is 35.3 Å². The summed E-state index contributed by atoms with van der Waals surface area (Å²) in [6.45, 7) is 0.418. The molecule has 6 N–H and O–H groups in total. The lowest BCUT2D eigenvalue weighted by atomic mass is 10.1. The van der Waals surface area contributed by atoms with Crippen LogP contribution in [0.2, 0.25) is 0 Å². The number of rotatable bonds is 0. The number of hydrogen-bond donors (Lipinski definition) is 6. The van der Waals surface area contributed by atoms with Gasteiger partial charge in [-0.25, -0.2) is 0 Å². The average molecular weight is 1020 g/mol. The summed E-state index contributed by atoms with van der Waals surface area (Å²) in [6.07, 6.45) is 0.677. The lowest BCUT2D eigenvalue weighted by Gasteiger charge is -2.16. The molecule has 0 saturated heterocycles. The second-order valence-corrected chi connectivity index (χ2v) is 15.4. The number of amides is 2. The largest absolute Gasteiger partial charge is 0.503 e. The zero-order chi connectivity index (χ0) is 36.8. The standard InChI is InChI=1S/C34H27Br5N4O8/c35-20-7-16-1-2-27(20)50-28-14-17(8-21(36)30(28)44)4-6-41-33(46)25(42-48)12-18-10-23(38)32(24(39)11-18)51-29-15-19(9-22(37)31(29)45)13-26(43-49)34(47)40-5-3-16/h1-2,7-11,14-15,44-45,48-49H,3-6,12-13H2,(H,40,47)(H,41,46)/b42-25+,43-26-. The van der Waals surface area contributed by atoms with E-state index >= 15 is 0 Å². The molecule has 0 aromatic heterocycles. The van der Waals surface area contributed by atoms with E-state index in [4.69, 9.17) is 9.47 Å². The molecule has 0 atom stereocenters. The fourth-order valence-electron chi connectivity index (χ4n) is 5.03. The number of nitrogens with one attached hydrogen (secondary N) is 2. The fraction of sp³-hybridized carbons (Fsp3) is 0.176. The van der Waals surface area contributed by atoms with Gasteiger partial charge >= 0.3 is 0 Å². The Morgan fingerprint density at radius 2 is 1.00 bits per heavy atom. The first-order chi connectivity index (χ1) is 24.4. The van der Waals surface area contributed by atoms with Gasteiger partial charge in [-0.1, -0.05) is 16.4 Å². The van der Waals surface area contributed by atoms with Crippen LogP contribution in [0.4, 0.5) is 0 Å². The SMILES string of the molecule is O=C1NCCc2ccc(c(Br)c2)Oc2cc(cc(Br)c2O)CCNC(=O)/C(=N/O)Cc2cc(Br)c(c(Br)c2)Oc2cc(cc(Br)c2O)C/C1=N/O. The molecule has 8 rings (SSSR count). The Morgan fingerprint density at radius 1 is 0.549 bits per heavy atom. The highest BCUT2D eigenvalue weighted by molar-refractivity contribution is 9.11. The highest BCUT2D eigenvalue weighted by Crippen LogP contribution is 2.44. The molecule has 2 amide bonds. The van der Waals surface area contributed by atoms with Crippen molar-refractivity contribution in [1.82, 2.24) is 10.6 Å². The number of oxime groups is 2. The number of ether oxygens (including phenoxy) is 2. The van der Waals surface area contributed by atoms with Gasteiger partial charge in [-0.2, -0.15) is 0 Å². The summed E-state index contributed by atoms with van der Waals surface area (Å²) in [7, 11) is 0. The molecule has 4 aromatic carbocycles. The van der Waals surface area contributed by atoms with E-state index in [1.165, 1.54) is 6.07 Å². The molecule has 4 aromatic rings. The van der Waals surface area contributed by atoms with Crippen molar-refractivity contribution < 1.29 is 39.7 Å². The molecule has 8 bridgehead atoms. The quantitative estimate of drug-likeness (QED) is 0.0752. The van der Waals surface area contributed by atoms with Gasteiger partial charge < -0.3 is 40.7 Å². The van der Waals surface area contributed by atoms with Gasteiger partial charge in [0.05, 0.1) is 22.4 Å². The first-order valence-corrected chi connectivity index (χ1v) is 19.0. The van der Waals surface area contributed by atoms with Crippen LogP contribution in [0.15, 0.2) is 87.3 Å². The van der Waals surface area contributed by atoms with E-state index in [1.54, 1.807) is 36.4 Å². The second-order valence-electron chi connectivity index (χ2n) is 11.2. The first kappa shape index (κ1) is 38.6. The minimum atomic E-state index is -0.585. The maximum Gasteiger partial charge on any atom is 0.269 e. The van der Waals surface area contributed by atoms with Crippen LogP contribution in [0.5, 0.6) is 34.5 Å². The van der Waals surface area contributed by atoms with Gasteiger partial charge in [0.15, 0.2) is 28.7 Å². The van der Waals surface area contributed by atoms with Crippen molar-refractivity contribution in [1.29, 1.82) is 0 Å². The number of phenolic OH excluding ortho intramolecular Hbond substituents is 2. The van der Waals surface area contributed by atoms with Crippen molar-refractivity contribution in [3.63, 3.8) is 0 Å². The highest BCUT2D eigenvalue weighted by Gasteiger charge is 2.21. The predicted octanol–water partition coefficient (Wildman–Crippen LogP) is 8.27. The van der Waals surface area contributed by atoms with Crippen molar-refractivity contribution in [3.05, 3.63) is 99.2 Å². The maximum absolute atomic E-state index is 13.0. The minimum Gasteiger partial charge on any atom is -0.503 e. The smallest absolute Gasteiger partial charge is 0.269 e. The third kappa shape index (κ3) is 9.62. The number of benzene rings is 4. The molecule has 4 aliphatic rings. The van der Waals surface area contributed by atoms with E-state index in [-0.39, 0.29) is 70.6 Å². The zero-order valence-electron chi connectivity index (χ0n) is 26.1. The lowest BCUT2D eigenvalue weighted by molar-refractivity contribution is -0.115. The van der Waals surface area contributed by atoms with Gasteiger partial charge in [0.2, 0.25) is 0 Å². The predicted molar refractivity (Wildman–Crippen MR) is 207 cm³/mol. The topological polar surface area (TPSA) is 182 Å². The molecule has 0 radical (unpaired) electrons. The molecule has 4 heterocycles. The lowest BCUT2D eigenvalue weighted by Crippen LogP contribution is -2.33. The van der Waals surface area contributed by atoms with Crippen LogP contribution in [0.1, 0.15) is 22.3 Å². The summed E-state index contributed by atoms with van der Waals surface area (Å²) < 4.78 is 14.3. The van der Waals surface area contributed by atoms with Gasteiger partial charge in [-0.3, -0.25) is 9.59 Å². The van der Waals surface area contributed by atoms with Gasteiger partial charge in [0.1, 0.15) is 17.2 Å². The molecule has 17 heteroatoms. The number of hydrogen-bond acceptors (Lipinski definition) is 10. The van der Waals surface area contributed by atoms with E-state index in [9.17, 15) is 30.2 Å². The van der Waals surface area contributed by atoms with Crippen LogP contribution < -0.4 is 20.1 Å². The van der Waals surface area contributed by atoms with Gasteiger partial charge in [0, 0.05) is 25.9 Å². The number of halogens is 5. The van der Waals surface area contributed by atoms with Crippen molar-refractivity contribution in [3.8, 4) is 34.5 Å². The number of nitrogens with zero attached hydrogens (tertiary/aromatic N) is 2. The molecule has 0 aliphatic carbocycles. The van der Waals surface area contributed by atoms with Gasteiger partial charge in [-0.05, 0) is 163 Å². The maximum atomic E-state index is 13.0. The molecular weight excluding hydrogens is 992 g/mol. The Hall–Kier alpha value is -3.64. The van der Waals surface area contributed by atoms with Crippen LogP contribution in [0.25, 0.3) is 0 Å².